The van der Waals surface area contributed by atoms with Crippen LogP contribution in [0.25, 0.3) is 0 Å². The van der Waals surface area contributed by atoms with Gasteiger partial charge in [-0.2, -0.15) is 0 Å². The second kappa shape index (κ2) is 6.41. The molecule has 1 aromatic carbocycles. The predicted octanol–water partition coefficient (Wildman–Crippen LogP) is 4.38. The molecule has 0 saturated heterocycles. The molecule has 1 rings (SSSR count). The van der Waals surface area contributed by atoms with Gasteiger partial charge < -0.3 is 5.73 Å². The van der Waals surface area contributed by atoms with Crippen LogP contribution >= 0.6 is 15.9 Å². The standard InChI is InChI=1S/C14H22BrN/c1-4-13(16)7-5-10(2)12-6-8-14(15)11(3)9-12/h6,8-10,13H,4-5,7,16H2,1-3H3. The topological polar surface area (TPSA) is 26.0 Å². The molecule has 16 heavy (non-hydrogen) atoms. The van der Waals surface area contributed by atoms with E-state index >= 15 is 0 Å². The van der Waals surface area contributed by atoms with Crippen LogP contribution in [0.15, 0.2) is 22.7 Å². The fraction of sp³-hybridized carbons (Fsp3) is 0.571. The molecule has 0 fully saturated rings. The molecule has 0 radical (unpaired) electrons. The zero-order valence-electron chi connectivity index (χ0n) is 10.5. The Balaban J connectivity index is 2.59. The van der Waals surface area contributed by atoms with Crippen molar-refractivity contribution < 1.29 is 0 Å². The van der Waals surface area contributed by atoms with Crippen molar-refractivity contribution >= 4 is 15.9 Å². The number of hydrogen-bond acceptors (Lipinski definition) is 1. The molecule has 0 aliphatic rings. The van der Waals surface area contributed by atoms with Crippen LogP contribution in [0.3, 0.4) is 0 Å². The molecule has 2 unspecified atom stereocenters. The number of hydrogen-bond donors (Lipinski definition) is 1. The molecule has 0 amide bonds. The van der Waals surface area contributed by atoms with Crippen LogP contribution in [-0.4, -0.2) is 6.04 Å². The summed E-state index contributed by atoms with van der Waals surface area (Å²) in [4.78, 5) is 0. The van der Waals surface area contributed by atoms with Gasteiger partial charge >= 0.3 is 0 Å². The van der Waals surface area contributed by atoms with Crippen LogP contribution in [0, 0.1) is 6.92 Å². The summed E-state index contributed by atoms with van der Waals surface area (Å²) in [6.07, 6.45) is 3.37. The van der Waals surface area contributed by atoms with Crippen molar-refractivity contribution in [3.05, 3.63) is 33.8 Å². The molecule has 2 heteroatoms. The highest BCUT2D eigenvalue weighted by Crippen LogP contribution is 2.25. The van der Waals surface area contributed by atoms with E-state index in [1.807, 2.05) is 0 Å². The molecule has 0 bridgehead atoms. The van der Waals surface area contributed by atoms with Gasteiger partial charge in [-0.1, -0.05) is 41.9 Å². The van der Waals surface area contributed by atoms with Gasteiger partial charge in [0.05, 0.1) is 0 Å². The van der Waals surface area contributed by atoms with E-state index in [9.17, 15) is 0 Å². The highest BCUT2D eigenvalue weighted by atomic mass is 79.9. The van der Waals surface area contributed by atoms with Crippen LogP contribution in [0.2, 0.25) is 0 Å². The van der Waals surface area contributed by atoms with Crippen molar-refractivity contribution in [2.24, 2.45) is 5.73 Å². The lowest BCUT2D eigenvalue weighted by Gasteiger charge is -2.15. The Hall–Kier alpha value is -0.340. The Labute approximate surface area is 108 Å². The van der Waals surface area contributed by atoms with Crippen LogP contribution in [-0.2, 0) is 0 Å². The van der Waals surface area contributed by atoms with Gasteiger partial charge in [0, 0.05) is 10.5 Å². The van der Waals surface area contributed by atoms with Crippen molar-refractivity contribution in [3.63, 3.8) is 0 Å². The zero-order valence-corrected chi connectivity index (χ0v) is 12.0. The second-order valence-electron chi connectivity index (χ2n) is 4.66. The first-order valence-electron chi connectivity index (χ1n) is 6.06. The Morgan fingerprint density at radius 1 is 1.31 bits per heavy atom. The summed E-state index contributed by atoms with van der Waals surface area (Å²) in [5, 5.41) is 0. The molecule has 1 nitrogen and oxygen atoms in total. The average molecular weight is 284 g/mol. The maximum Gasteiger partial charge on any atom is 0.0204 e. The lowest BCUT2D eigenvalue weighted by Crippen LogP contribution is -2.18. The molecule has 0 aliphatic carbocycles. The summed E-state index contributed by atoms with van der Waals surface area (Å²) in [6.45, 7) is 6.57. The number of nitrogens with two attached hydrogens (primary N) is 1. The van der Waals surface area contributed by atoms with Gasteiger partial charge in [-0.3, -0.25) is 0 Å². The Morgan fingerprint density at radius 2 is 2.00 bits per heavy atom. The maximum absolute atomic E-state index is 5.95. The van der Waals surface area contributed by atoms with Crippen molar-refractivity contribution in [1.29, 1.82) is 0 Å². The monoisotopic (exact) mass is 283 g/mol. The fourth-order valence-corrected chi connectivity index (χ4v) is 2.06. The molecular formula is C14H22BrN. The molecule has 90 valence electrons. The average Bonchev–Trinajstić information content (AvgIpc) is 2.29. The number of halogens is 1. The summed E-state index contributed by atoms with van der Waals surface area (Å²) in [6, 6.07) is 6.98. The van der Waals surface area contributed by atoms with Gasteiger partial charge in [-0.25, -0.2) is 0 Å². The number of aryl methyl sites for hydroxylation is 1. The van der Waals surface area contributed by atoms with Crippen LogP contribution in [0.1, 0.15) is 50.2 Å². The fourth-order valence-electron chi connectivity index (χ4n) is 1.81. The van der Waals surface area contributed by atoms with Crippen LogP contribution in [0.4, 0.5) is 0 Å². The molecule has 0 heterocycles. The molecular weight excluding hydrogens is 262 g/mol. The van der Waals surface area contributed by atoms with Crippen molar-refractivity contribution in [3.8, 4) is 0 Å². The van der Waals surface area contributed by atoms with Gasteiger partial charge in [-0.15, -0.1) is 0 Å². The van der Waals surface area contributed by atoms with Gasteiger partial charge in [0.1, 0.15) is 0 Å². The summed E-state index contributed by atoms with van der Waals surface area (Å²) in [5.41, 5.74) is 8.68. The van der Waals surface area contributed by atoms with E-state index in [4.69, 9.17) is 5.73 Å². The highest BCUT2D eigenvalue weighted by Gasteiger charge is 2.08. The molecule has 0 spiro atoms. The molecule has 0 saturated carbocycles. The minimum Gasteiger partial charge on any atom is -0.328 e. The summed E-state index contributed by atoms with van der Waals surface area (Å²) >= 11 is 3.53. The third kappa shape index (κ3) is 3.91. The van der Waals surface area contributed by atoms with Gasteiger partial charge in [0.25, 0.3) is 0 Å². The first-order valence-corrected chi connectivity index (χ1v) is 6.85. The maximum atomic E-state index is 5.95. The quantitative estimate of drug-likeness (QED) is 0.853. The molecule has 0 aromatic heterocycles. The van der Waals surface area contributed by atoms with E-state index in [0.717, 1.165) is 12.8 Å². The molecule has 1 aromatic rings. The van der Waals surface area contributed by atoms with Gasteiger partial charge in [0.2, 0.25) is 0 Å². The molecule has 0 aliphatic heterocycles. The van der Waals surface area contributed by atoms with E-state index in [1.165, 1.54) is 22.0 Å². The van der Waals surface area contributed by atoms with Crippen molar-refractivity contribution in [1.82, 2.24) is 0 Å². The van der Waals surface area contributed by atoms with E-state index < -0.39 is 0 Å². The Morgan fingerprint density at radius 3 is 2.56 bits per heavy atom. The number of benzene rings is 1. The highest BCUT2D eigenvalue weighted by molar-refractivity contribution is 9.10. The van der Waals surface area contributed by atoms with Crippen molar-refractivity contribution in [2.75, 3.05) is 0 Å². The smallest absolute Gasteiger partial charge is 0.0204 e. The predicted molar refractivity (Wildman–Crippen MR) is 74.8 cm³/mol. The van der Waals surface area contributed by atoms with E-state index in [2.05, 4.69) is 54.9 Å². The third-order valence-corrected chi connectivity index (χ3v) is 4.14. The lowest BCUT2D eigenvalue weighted by atomic mass is 9.93. The summed E-state index contributed by atoms with van der Waals surface area (Å²) in [7, 11) is 0. The second-order valence-corrected chi connectivity index (χ2v) is 5.51. The van der Waals surface area contributed by atoms with Crippen molar-refractivity contribution in [2.45, 2.75) is 52.0 Å². The Bertz CT molecular complexity index is 336. The summed E-state index contributed by atoms with van der Waals surface area (Å²) < 4.78 is 1.19. The molecule has 2 atom stereocenters. The minimum absolute atomic E-state index is 0.360. The largest absolute Gasteiger partial charge is 0.328 e. The van der Waals surface area contributed by atoms with Crippen LogP contribution < -0.4 is 5.73 Å². The van der Waals surface area contributed by atoms with E-state index in [1.54, 1.807) is 0 Å². The lowest BCUT2D eigenvalue weighted by molar-refractivity contribution is 0.530. The molecule has 2 N–H and O–H groups in total. The number of rotatable bonds is 5. The van der Waals surface area contributed by atoms with Crippen LogP contribution in [0.5, 0.6) is 0 Å². The van der Waals surface area contributed by atoms with E-state index in [0.29, 0.717) is 12.0 Å². The first kappa shape index (κ1) is 13.7. The van der Waals surface area contributed by atoms with Gasteiger partial charge in [0.15, 0.2) is 0 Å². The zero-order chi connectivity index (χ0) is 12.1. The first-order chi connectivity index (χ1) is 7.54. The third-order valence-electron chi connectivity index (χ3n) is 3.25. The normalized spacial score (nSPS) is 14.8. The summed E-state index contributed by atoms with van der Waals surface area (Å²) in [5.74, 6) is 0.601. The van der Waals surface area contributed by atoms with E-state index in [-0.39, 0.29) is 0 Å². The van der Waals surface area contributed by atoms with Gasteiger partial charge in [-0.05, 0) is 49.3 Å². The Kier molecular flexibility index (Phi) is 5.50. The minimum atomic E-state index is 0.360. The SMILES string of the molecule is CCC(N)CCC(C)c1ccc(Br)c(C)c1.